The first-order chi connectivity index (χ1) is 12.9. The largest absolute Gasteiger partial charge is 0.506 e. The third kappa shape index (κ3) is 3.94. The van der Waals surface area contributed by atoms with Crippen LogP contribution in [0.1, 0.15) is 5.56 Å². The SMILES string of the molecule is CN(C)C(=O)Nc1cc(/N=N/c2snc3nc(Cl)c(C#N)cc23)ccc1O. The number of carbonyl (C=O) groups excluding carboxylic acids is 1. The van der Waals surface area contributed by atoms with E-state index in [9.17, 15) is 9.90 Å². The summed E-state index contributed by atoms with van der Waals surface area (Å²) in [6.45, 7) is 0. The van der Waals surface area contributed by atoms with Gasteiger partial charge in [-0.05, 0) is 35.8 Å². The van der Waals surface area contributed by atoms with Crippen LogP contribution in [-0.4, -0.2) is 39.5 Å². The quantitative estimate of drug-likeness (QED) is 0.381. The van der Waals surface area contributed by atoms with Crippen molar-refractivity contribution < 1.29 is 9.90 Å². The van der Waals surface area contributed by atoms with Crippen molar-refractivity contribution in [3.8, 4) is 11.8 Å². The van der Waals surface area contributed by atoms with Gasteiger partial charge in [0.25, 0.3) is 0 Å². The number of aromatic nitrogens is 2. The van der Waals surface area contributed by atoms with E-state index in [0.29, 0.717) is 21.7 Å². The predicted molar refractivity (Wildman–Crippen MR) is 102 cm³/mol. The molecule has 0 radical (unpaired) electrons. The molecule has 2 amide bonds. The molecule has 2 heterocycles. The number of pyridine rings is 1. The number of hydrogen-bond donors (Lipinski definition) is 2. The van der Waals surface area contributed by atoms with Crippen LogP contribution in [0.2, 0.25) is 5.15 Å². The summed E-state index contributed by atoms with van der Waals surface area (Å²) in [5.74, 6) is -0.0927. The molecule has 0 saturated heterocycles. The van der Waals surface area contributed by atoms with Gasteiger partial charge >= 0.3 is 6.03 Å². The Bertz CT molecular complexity index is 1100. The van der Waals surface area contributed by atoms with Crippen molar-refractivity contribution in [2.75, 3.05) is 19.4 Å². The number of nitrogens with one attached hydrogen (secondary N) is 1. The second-order valence-corrected chi connectivity index (χ2v) is 6.63. The summed E-state index contributed by atoms with van der Waals surface area (Å²) < 4.78 is 4.14. The van der Waals surface area contributed by atoms with Crippen molar-refractivity contribution in [3.63, 3.8) is 0 Å². The zero-order valence-electron chi connectivity index (χ0n) is 14.1. The Balaban J connectivity index is 1.91. The number of phenolic OH excluding ortho intramolecular Hbond substituents is 1. The van der Waals surface area contributed by atoms with Crippen LogP contribution < -0.4 is 5.32 Å². The van der Waals surface area contributed by atoms with E-state index < -0.39 is 0 Å². The highest BCUT2D eigenvalue weighted by molar-refractivity contribution is 7.11. The van der Waals surface area contributed by atoms with Gasteiger partial charge in [-0.2, -0.15) is 9.64 Å². The van der Waals surface area contributed by atoms with E-state index in [4.69, 9.17) is 16.9 Å². The molecule has 3 rings (SSSR count). The standard InChI is InChI=1S/C16H12ClN7O2S/c1-24(2)16(26)19-11-6-9(3-4-12(11)25)21-22-15-10-5-8(7-18)13(17)20-14(10)23-27-15/h3-6,25H,1-2H3,(H,19,26)/b22-21+. The van der Waals surface area contributed by atoms with Gasteiger partial charge < -0.3 is 15.3 Å². The molecule has 3 aromatic rings. The number of aromatic hydroxyl groups is 1. The smallest absolute Gasteiger partial charge is 0.321 e. The number of nitriles is 1. The maximum atomic E-state index is 11.8. The zero-order chi connectivity index (χ0) is 19.6. The van der Waals surface area contributed by atoms with E-state index in [0.717, 1.165) is 11.5 Å². The van der Waals surface area contributed by atoms with Crippen molar-refractivity contribution >= 4 is 56.6 Å². The Morgan fingerprint density at radius 3 is 2.85 bits per heavy atom. The van der Waals surface area contributed by atoms with Gasteiger partial charge in [-0.15, -0.1) is 10.2 Å². The summed E-state index contributed by atoms with van der Waals surface area (Å²) in [6, 6.07) is 7.56. The van der Waals surface area contributed by atoms with Crippen LogP contribution in [-0.2, 0) is 0 Å². The first-order valence-electron chi connectivity index (χ1n) is 7.48. The minimum atomic E-state index is -0.389. The second kappa shape index (κ2) is 7.53. The summed E-state index contributed by atoms with van der Waals surface area (Å²) in [5, 5.41) is 30.9. The number of rotatable bonds is 3. The van der Waals surface area contributed by atoms with E-state index >= 15 is 0 Å². The van der Waals surface area contributed by atoms with Crippen LogP contribution in [0.25, 0.3) is 11.0 Å². The van der Waals surface area contributed by atoms with Gasteiger partial charge in [0.2, 0.25) is 0 Å². The number of fused-ring (bicyclic) bond motifs is 1. The fourth-order valence-corrected chi connectivity index (χ4v) is 2.83. The van der Waals surface area contributed by atoms with E-state index in [1.165, 1.54) is 17.0 Å². The summed E-state index contributed by atoms with van der Waals surface area (Å²) >= 11 is 6.96. The number of phenols is 1. The number of urea groups is 1. The minimum absolute atomic E-state index is 0.0820. The second-order valence-electron chi connectivity index (χ2n) is 5.52. The highest BCUT2D eigenvalue weighted by Crippen LogP contribution is 2.34. The Kier molecular flexibility index (Phi) is 5.16. The lowest BCUT2D eigenvalue weighted by Gasteiger charge is -2.13. The molecule has 136 valence electrons. The van der Waals surface area contributed by atoms with Gasteiger partial charge in [0.15, 0.2) is 10.6 Å². The van der Waals surface area contributed by atoms with Crippen LogP contribution >= 0.6 is 23.1 Å². The Morgan fingerprint density at radius 2 is 2.15 bits per heavy atom. The fraction of sp³-hybridized carbons (Fsp3) is 0.125. The van der Waals surface area contributed by atoms with Gasteiger partial charge in [0.1, 0.15) is 17.0 Å². The molecule has 0 saturated carbocycles. The molecule has 27 heavy (non-hydrogen) atoms. The number of halogens is 1. The van der Waals surface area contributed by atoms with Crippen molar-refractivity contribution in [3.05, 3.63) is 35.0 Å². The van der Waals surface area contributed by atoms with Crippen LogP contribution in [0.5, 0.6) is 5.75 Å². The van der Waals surface area contributed by atoms with Gasteiger partial charge in [0, 0.05) is 14.1 Å². The van der Waals surface area contributed by atoms with E-state index in [1.54, 1.807) is 26.2 Å². The summed E-state index contributed by atoms with van der Waals surface area (Å²) in [4.78, 5) is 17.1. The minimum Gasteiger partial charge on any atom is -0.506 e. The van der Waals surface area contributed by atoms with Crippen molar-refractivity contribution in [1.82, 2.24) is 14.3 Å². The number of nitrogens with zero attached hydrogens (tertiary/aromatic N) is 6. The third-order valence-corrected chi connectivity index (χ3v) is 4.44. The number of azo groups is 1. The molecule has 0 spiro atoms. The van der Waals surface area contributed by atoms with Gasteiger partial charge in [-0.1, -0.05) is 11.6 Å². The molecule has 0 aliphatic carbocycles. The number of carbonyl (C=O) groups is 1. The molecule has 0 aliphatic heterocycles. The van der Waals surface area contributed by atoms with Crippen molar-refractivity contribution in [2.24, 2.45) is 10.2 Å². The molecule has 11 heteroatoms. The van der Waals surface area contributed by atoms with Crippen LogP contribution in [0, 0.1) is 11.3 Å². The summed E-state index contributed by atoms with van der Waals surface area (Å²) in [6.07, 6.45) is 0. The molecule has 9 nitrogen and oxygen atoms in total. The first kappa shape index (κ1) is 18.5. The molecule has 0 unspecified atom stereocenters. The van der Waals surface area contributed by atoms with Crippen molar-refractivity contribution in [1.29, 1.82) is 5.26 Å². The van der Waals surface area contributed by atoms with Gasteiger partial charge in [-0.3, -0.25) is 0 Å². The molecule has 2 N–H and O–H groups in total. The summed E-state index contributed by atoms with van der Waals surface area (Å²) in [7, 11) is 3.17. The lowest BCUT2D eigenvalue weighted by atomic mass is 10.2. The molecule has 0 aliphatic rings. The molecular weight excluding hydrogens is 390 g/mol. The lowest BCUT2D eigenvalue weighted by Crippen LogP contribution is -2.27. The van der Waals surface area contributed by atoms with Crippen LogP contribution in [0.4, 0.5) is 21.2 Å². The first-order valence-corrected chi connectivity index (χ1v) is 8.63. The fourth-order valence-electron chi connectivity index (χ4n) is 2.01. The number of amides is 2. The van der Waals surface area contributed by atoms with Gasteiger partial charge in [0.05, 0.1) is 22.3 Å². The molecule has 0 fully saturated rings. The van der Waals surface area contributed by atoms with Crippen LogP contribution in [0.15, 0.2) is 34.5 Å². The molecular formula is C16H12ClN7O2S. The topological polar surface area (TPSA) is 127 Å². The van der Waals surface area contributed by atoms with E-state index in [-0.39, 0.29) is 28.2 Å². The molecule has 1 aromatic carbocycles. The molecule has 0 atom stereocenters. The normalized spacial score (nSPS) is 10.9. The third-order valence-electron chi connectivity index (χ3n) is 3.41. The van der Waals surface area contributed by atoms with E-state index in [2.05, 4.69) is 24.9 Å². The average molecular weight is 402 g/mol. The van der Waals surface area contributed by atoms with Crippen LogP contribution in [0.3, 0.4) is 0 Å². The Morgan fingerprint density at radius 1 is 1.37 bits per heavy atom. The van der Waals surface area contributed by atoms with Gasteiger partial charge in [-0.25, -0.2) is 9.78 Å². The summed E-state index contributed by atoms with van der Waals surface area (Å²) in [5.41, 5.74) is 1.21. The monoisotopic (exact) mass is 401 g/mol. The lowest BCUT2D eigenvalue weighted by molar-refractivity contribution is 0.230. The predicted octanol–water partition coefficient (Wildman–Crippen LogP) is 4.43. The van der Waals surface area contributed by atoms with Crippen molar-refractivity contribution in [2.45, 2.75) is 0 Å². The molecule has 0 bridgehead atoms. The number of benzene rings is 1. The Labute approximate surface area is 162 Å². The maximum Gasteiger partial charge on any atom is 0.321 e. The highest BCUT2D eigenvalue weighted by atomic mass is 35.5. The zero-order valence-corrected chi connectivity index (χ0v) is 15.7. The molecule has 2 aromatic heterocycles. The Hall–Kier alpha value is -3.29. The number of hydrogen-bond acceptors (Lipinski definition) is 8. The number of anilines is 1. The average Bonchev–Trinajstić information content (AvgIpc) is 3.03. The van der Waals surface area contributed by atoms with E-state index in [1.807, 2.05) is 6.07 Å². The maximum absolute atomic E-state index is 11.8. The highest BCUT2D eigenvalue weighted by Gasteiger charge is 2.12.